The molecule has 0 aromatic heterocycles. The third-order valence-corrected chi connectivity index (χ3v) is 5.07. The molecule has 0 radical (unpaired) electrons. The molecule has 1 heterocycles. The van der Waals surface area contributed by atoms with Gasteiger partial charge in [-0.15, -0.1) is 0 Å². The molecule has 8 nitrogen and oxygen atoms in total. The number of methoxy groups -OCH3 is 2. The normalized spacial score (nSPS) is 15.0. The van der Waals surface area contributed by atoms with E-state index in [0.717, 1.165) is 4.47 Å². The molecule has 1 saturated heterocycles. The summed E-state index contributed by atoms with van der Waals surface area (Å²) in [5.41, 5.74) is 0.944. The van der Waals surface area contributed by atoms with E-state index in [1.807, 2.05) is 0 Å². The summed E-state index contributed by atoms with van der Waals surface area (Å²) in [6, 6.07) is 11.7. The summed E-state index contributed by atoms with van der Waals surface area (Å²) in [7, 11) is 2.69. The summed E-state index contributed by atoms with van der Waals surface area (Å²) in [4.78, 5) is 38.0. The van der Waals surface area contributed by atoms with Crippen LogP contribution in [0.15, 0.2) is 52.5 Å². The number of esters is 1. The van der Waals surface area contributed by atoms with Crippen molar-refractivity contribution in [2.75, 3.05) is 25.7 Å². The number of halogens is 1. The maximum atomic E-state index is 13.1. The van der Waals surface area contributed by atoms with Gasteiger partial charge in [0.2, 0.25) is 0 Å². The van der Waals surface area contributed by atoms with E-state index in [4.69, 9.17) is 21.7 Å². The van der Waals surface area contributed by atoms with Crippen molar-refractivity contribution in [1.29, 1.82) is 0 Å². The number of hydrogen-bond acceptors (Lipinski definition) is 7. The highest BCUT2D eigenvalue weighted by Gasteiger charge is 2.34. The van der Waals surface area contributed by atoms with Crippen molar-refractivity contribution in [3.05, 3.63) is 58.1 Å². The van der Waals surface area contributed by atoms with Gasteiger partial charge >= 0.3 is 5.97 Å². The largest absolute Gasteiger partial charge is 0.493 e. The number of hydrogen-bond donors (Lipinski definition) is 1. The molecule has 0 bridgehead atoms. The average Bonchev–Trinajstić information content (AvgIpc) is 2.76. The van der Waals surface area contributed by atoms with Gasteiger partial charge < -0.3 is 14.2 Å². The van der Waals surface area contributed by atoms with Crippen molar-refractivity contribution >= 4 is 62.8 Å². The predicted molar refractivity (Wildman–Crippen MR) is 121 cm³/mol. The van der Waals surface area contributed by atoms with Gasteiger partial charge in [-0.1, -0.05) is 22.0 Å². The van der Waals surface area contributed by atoms with E-state index in [-0.39, 0.29) is 17.3 Å². The highest BCUT2D eigenvalue weighted by molar-refractivity contribution is 9.10. The Balaban J connectivity index is 1.91. The van der Waals surface area contributed by atoms with Crippen LogP contribution in [-0.2, 0) is 19.1 Å². The average molecular weight is 505 g/mol. The van der Waals surface area contributed by atoms with Crippen LogP contribution >= 0.6 is 28.1 Å². The standard InChI is InChI=1S/C21H17BrN2O6S/c1-28-17-10-12(3-8-16(17)30-11-18(25)29-2)9-15-19(26)23-21(31)24(20(15)27)14-6-4-13(22)5-7-14/h3-10H,11H2,1-2H3,(H,23,26,31)/b15-9-. The van der Waals surface area contributed by atoms with E-state index in [0.29, 0.717) is 22.7 Å². The van der Waals surface area contributed by atoms with Crippen LogP contribution < -0.4 is 19.7 Å². The number of carbonyl (C=O) groups excluding carboxylic acids is 3. The second-order valence-corrected chi connectivity index (χ2v) is 7.51. The van der Waals surface area contributed by atoms with E-state index in [9.17, 15) is 14.4 Å². The third kappa shape index (κ3) is 5.09. The summed E-state index contributed by atoms with van der Waals surface area (Å²) >= 11 is 8.53. The first-order valence-corrected chi connectivity index (χ1v) is 10.1. The van der Waals surface area contributed by atoms with Gasteiger partial charge in [-0.25, -0.2) is 4.79 Å². The molecule has 31 heavy (non-hydrogen) atoms. The first-order chi connectivity index (χ1) is 14.8. The van der Waals surface area contributed by atoms with Crippen LogP contribution in [0.1, 0.15) is 5.56 Å². The van der Waals surface area contributed by atoms with E-state index >= 15 is 0 Å². The molecule has 0 aliphatic carbocycles. The van der Waals surface area contributed by atoms with Crippen LogP contribution in [0.25, 0.3) is 6.08 Å². The van der Waals surface area contributed by atoms with Gasteiger partial charge in [0.15, 0.2) is 23.2 Å². The minimum Gasteiger partial charge on any atom is -0.493 e. The fourth-order valence-corrected chi connectivity index (χ4v) is 3.28. The topological polar surface area (TPSA) is 94.2 Å². The molecule has 1 aliphatic heterocycles. The maximum absolute atomic E-state index is 13.1. The quantitative estimate of drug-likeness (QED) is 0.279. The van der Waals surface area contributed by atoms with E-state index < -0.39 is 17.8 Å². The number of thiocarbonyl (C=S) groups is 1. The molecule has 1 fully saturated rings. The number of nitrogens with zero attached hydrogens (tertiary/aromatic N) is 1. The molecule has 1 N–H and O–H groups in total. The molecule has 160 valence electrons. The molecule has 0 atom stereocenters. The molecule has 3 rings (SSSR count). The lowest BCUT2D eigenvalue weighted by atomic mass is 10.1. The Hall–Kier alpha value is -3.24. The number of anilines is 1. The second-order valence-electron chi connectivity index (χ2n) is 6.21. The number of benzene rings is 2. The lowest BCUT2D eigenvalue weighted by Gasteiger charge is -2.29. The van der Waals surface area contributed by atoms with Gasteiger partial charge in [-0.2, -0.15) is 0 Å². The van der Waals surface area contributed by atoms with Gasteiger partial charge in [-0.05, 0) is 60.3 Å². The zero-order valence-electron chi connectivity index (χ0n) is 16.5. The fraction of sp³-hybridized carbons (Fsp3) is 0.143. The van der Waals surface area contributed by atoms with Crippen molar-refractivity contribution in [2.45, 2.75) is 0 Å². The molecular formula is C21H17BrN2O6S. The van der Waals surface area contributed by atoms with Gasteiger partial charge in [0.05, 0.1) is 19.9 Å². The Kier molecular flexibility index (Phi) is 7.03. The van der Waals surface area contributed by atoms with Crippen molar-refractivity contribution in [3.8, 4) is 11.5 Å². The zero-order valence-corrected chi connectivity index (χ0v) is 18.9. The van der Waals surface area contributed by atoms with Gasteiger partial charge in [0.25, 0.3) is 11.8 Å². The molecule has 10 heteroatoms. The SMILES string of the molecule is COC(=O)COc1ccc(/C=C2/C(=O)NC(=S)N(c3ccc(Br)cc3)C2=O)cc1OC. The van der Waals surface area contributed by atoms with Crippen LogP contribution in [-0.4, -0.2) is 43.7 Å². The van der Waals surface area contributed by atoms with Crippen LogP contribution in [0, 0.1) is 0 Å². The fourth-order valence-electron chi connectivity index (χ4n) is 2.74. The molecule has 2 amide bonds. The summed E-state index contributed by atoms with van der Waals surface area (Å²) in [6.07, 6.45) is 1.43. The molecule has 1 aliphatic rings. The lowest BCUT2D eigenvalue weighted by molar-refractivity contribution is -0.143. The summed E-state index contributed by atoms with van der Waals surface area (Å²) in [5, 5.41) is 2.53. The van der Waals surface area contributed by atoms with Crippen LogP contribution in [0.5, 0.6) is 11.5 Å². The Morgan fingerprint density at radius 2 is 1.84 bits per heavy atom. The third-order valence-electron chi connectivity index (χ3n) is 4.26. The Morgan fingerprint density at radius 1 is 1.13 bits per heavy atom. The molecule has 0 spiro atoms. The van der Waals surface area contributed by atoms with E-state index in [1.165, 1.54) is 25.2 Å². The number of rotatable bonds is 6. The van der Waals surface area contributed by atoms with Crippen molar-refractivity contribution in [1.82, 2.24) is 5.32 Å². The van der Waals surface area contributed by atoms with E-state index in [2.05, 4.69) is 26.0 Å². The number of carbonyl (C=O) groups is 3. The first-order valence-electron chi connectivity index (χ1n) is 8.88. The minimum absolute atomic E-state index is 0.00129. The first kappa shape index (κ1) is 22.4. The molecule has 2 aromatic carbocycles. The Bertz CT molecular complexity index is 1080. The van der Waals surface area contributed by atoms with Gasteiger partial charge in [0, 0.05) is 4.47 Å². The maximum Gasteiger partial charge on any atom is 0.343 e. The van der Waals surface area contributed by atoms with Crippen LogP contribution in [0.2, 0.25) is 0 Å². The van der Waals surface area contributed by atoms with Crippen molar-refractivity contribution in [2.24, 2.45) is 0 Å². The van der Waals surface area contributed by atoms with Crippen LogP contribution in [0.4, 0.5) is 5.69 Å². The van der Waals surface area contributed by atoms with Gasteiger partial charge in [0.1, 0.15) is 5.57 Å². The summed E-state index contributed by atoms with van der Waals surface area (Å²) in [6.45, 7) is -0.284. The predicted octanol–water partition coefficient (Wildman–Crippen LogP) is 2.84. The summed E-state index contributed by atoms with van der Waals surface area (Å²) < 4.78 is 16.0. The van der Waals surface area contributed by atoms with E-state index in [1.54, 1.807) is 42.5 Å². The molecular weight excluding hydrogens is 488 g/mol. The molecule has 2 aromatic rings. The van der Waals surface area contributed by atoms with Crippen molar-refractivity contribution in [3.63, 3.8) is 0 Å². The smallest absolute Gasteiger partial charge is 0.343 e. The number of nitrogens with one attached hydrogen (secondary N) is 1. The number of amides is 2. The van der Waals surface area contributed by atoms with Gasteiger partial charge in [-0.3, -0.25) is 19.8 Å². The monoisotopic (exact) mass is 504 g/mol. The Labute approximate surface area is 191 Å². The zero-order chi connectivity index (χ0) is 22.5. The lowest BCUT2D eigenvalue weighted by Crippen LogP contribution is -2.54. The highest BCUT2D eigenvalue weighted by atomic mass is 79.9. The minimum atomic E-state index is -0.603. The number of ether oxygens (including phenoxy) is 3. The molecule has 0 unspecified atom stereocenters. The summed E-state index contributed by atoms with van der Waals surface area (Å²) in [5.74, 6) is -1.06. The van der Waals surface area contributed by atoms with Crippen molar-refractivity contribution < 1.29 is 28.6 Å². The molecule has 0 saturated carbocycles. The highest BCUT2D eigenvalue weighted by Crippen LogP contribution is 2.30. The second kappa shape index (κ2) is 9.71. The Morgan fingerprint density at radius 3 is 2.48 bits per heavy atom. The van der Waals surface area contributed by atoms with Crippen LogP contribution in [0.3, 0.4) is 0 Å².